The maximum atomic E-state index is 11.6. The van der Waals surface area contributed by atoms with Gasteiger partial charge in [-0.1, -0.05) is 39.3 Å². The number of ether oxygens (including phenoxy) is 8. The van der Waals surface area contributed by atoms with Crippen molar-refractivity contribution < 1.29 is 83.9 Å². The van der Waals surface area contributed by atoms with Crippen LogP contribution in [0.5, 0.6) is 0 Å². The fourth-order valence-corrected chi connectivity index (χ4v) is 14.2. The van der Waals surface area contributed by atoms with Gasteiger partial charge in [0.25, 0.3) is 0 Å². The lowest BCUT2D eigenvalue weighted by Gasteiger charge is -2.58. The van der Waals surface area contributed by atoms with Crippen molar-refractivity contribution in [1.82, 2.24) is 0 Å². The summed E-state index contributed by atoms with van der Waals surface area (Å²) in [6.45, 7) is 10.1. The van der Waals surface area contributed by atoms with E-state index < -0.39 is 118 Å². The molecule has 26 atom stereocenters. The molecule has 0 aromatic heterocycles. The Morgan fingerprint density at radius 1 is 0.698 bits per heavy atom. The van der Waals surface area contributed by atoms with Gasteiger partial charge < -0.3 is 83.9 Å². The summed E-state index contributed by atoms with van der Waals surface area (Å²) < 4.78 is 50.5. The van der Waals surface area contributed by atoms with Gasteiger partial charge in [-0.25, -0.2) is 0 Å². The Bertz CT molecular complexity index is 1630. The highest BCUT2D eigenvalue weighted by Gasteiger charge is 2.69. The lowest BCUT2D eigenvalue weighted by Crippen LogP contribution is -2.66. The predicted octanol–water partition coefficient (Wildman–Crippen LogP) is 0.257. The van der Waals surface area contributed by atoms with E-state index in [0.717, 1.165) is 51.6 Å². The summed E-state index contributed by atoms with van der Waals surface area (Å²) in [5, 5.41) is 95.4. The minimum absolute atomic E-state index is 0.0312. The summed E-state index contributed by atoms with van der Waals surface area (Å²) in [6, 6.07) is 0. The second kappa shape index (κ2) is 17.9. The second-order valence-electron chi connectivity index (χ2n) is 21.4. The number of hydrogen-bond donors (Lipinski definition) is 9. The van der Waals surface area contributed by atoms with E-state index in [4.69, 9.17) is 37.9 Å². The van der Waals surface area contributed by atoms with Crippen molar-refractivity contribution >= 4 is 0 Å². The summed E-state index contributed by atoms with van der Waals surface area (Å²) in [4.78, 5) is 0. The van der Waals surface area contributed by atoms with Gasteiger partial charge in [0.05, 0.1) is 44.7 Å². The molecule has 360 valence electrons. The molecule has 8 fully saturated rings. The molecule has 5 heterocycles. The van der Waals surface area contributed by atoms with Gasteiger partial charge in [-0.3, -0.25) is 0 Å². The van der Waals surface area contributed by atoms with Crippen molar-refractivity contribution in [1.29, 1.82) is 0 Å². The van der Waals surface area contributed by atoms with Crippen molar-refractivity contribution in [3.05, 3.63) is 11.6 Å². The lowest BCUT2D eigenvalue weighted by atomic mass is 9.47. The molecule has 0 amide bonds. The SMILES string of the molecule is CC1CCC2(OC1)OC1CC3C4CC=C5CC(OC6OC(CO)C(O)C(OC7OC(C)C(O)C(O)C7O)C6OCC6OC(CO)C(O)C(O)C6O)CCC5(C)C4CCC3(C)C1C2C. The average molecular weight is 899 g/mol. The number of allylic oxidation sites excluding steroid dienone is 1. The second-order valence-corrected chi connectivity index (χ2v) is 21.4. The van der Waals surface area contributed by atoms with E-state index in [2.05, 4.69) is 33.8 Å². The lowest BCUT2D eigenvalue weighted by molar-refractivity contribution is -0.369. The topological polar surface area (TPSA) is 256 Å². The zero-order valence-corrected chi connectivity index (χ0v) is 37.3. The van der Waals surface area contributed by atoms with Crippen molar-refractivity contribution in [2.75, 3.05) is 26.4 Å². The highest BCUT2D eigenvalue weighted by molar-refractivity contribution is 5.26. The van der Waals surface area contributed by atoms with Gasteiger partial charge >= 0.3 is 0 Å². The molecule has 63 heavy (non-hydrogen) atoms. The van der Waals surface area contributed by atoms with Crippen LogP contribution in [0.2, 0.25) is 0 Å². The smallest absolute Gasteiger partial charge is 0.187 e. The number of hydrogen-bond acceptors (Lipinski definition) is 17. The molecule has 5 saturated heterocycles. The Labute approximate surface area is 369 Å². The highest BCUT2D eigenvalue weighted by atomic mass is 16.7. The summed E-state index contributed by atoms with van der Waals surface area (Å²) in [5.74, 6) is 2.57. The molecule has 5 aliphatic heterocycles. The molecule has 9 N–H and O–H groups in total. The van der Waals surface area contributed by atoms with E-state index in [1.165, 1.54) is 12.5 Å². The Morgan fingerprint density at radius 3 is 2.13 bits per heavy atom. The maximum Gasteiger partial charge on any atom is 0.187 e. The highest BCUT2D eigenvalue weighted by Crippen LogP contribution is 2.70. The van der Waals surface area contributed by atoms with Crippen molar-refractivity contribution in [3.63, 3.8) is 0 Å². The van der Waals surface area contributed by atoms with Gasteiger partial charge in [-0.2, -0.15) is 0 Å². The van der Waals surface area contributed by atoms with Gasteiger partial charge in [0, 0.05) is 12.3 Å². The van der Waals surface area contributed by atoms with E-state index >= 15 is 0 Å². The molecule has 0 radical (unpaired) electrons. The van der Waals surface area contributed by atoms with Crippen molar-refractivity contribution in [2.24, 2.45) is 46.3 Å². The van der Waals surface area contributed by atoms with E-state index in [-0.39, 0.29) is 23.0 Å². The quantitative estimate of drug-likeness (QED) is 0.141. The number of fused-ring (bicyclic) bond motifs is 7. The third-order valence-corrected chi connectivity index (χ3v) is 18.0. The summed E-state index contributed by atoms with van der Waals surface area (Å²) >= 11 is 0. The molecule has 9 rings (SSSR count). The molecule has 0 aromatic carbocycles. The van der Waals surface area contributed by atoms with Crippen LogP contribution in [0.4, 0.5) is 0 Å². The maximum absolute atomic E-state index is 11.6. The Balaban J connectivity index is 0.928. The molecule has 26 unspecified atom stereocenters. The monoisotopic (exact) mass is 898 g/mol. The molecule has 17 nitrogen and oxygen atoms in total. The molecule has 0 bridgehead atoms. The van der Waals surface area contributed by atoms with Crippen LogP contribution in [0, 0.1) is 46.3 Å². The van der Waals surface area contributed by atoms with E-state index in [9.17, 15) is 46.0 Å². The van der Waals surface area contributed by atoms with Crippen LogP contribution in [0.25, 0.3) is 0 Å². The summed E-state index contributed by atoms with van der Waals surface area (Å²) in [6.07, 6.45) is -10.5. The largest absolute Gasteiger partial charge is 0.394 e. The van der Waals surface area contributed by atoms with Crippen LogP contribution in [-0.4, -0.2) is 182 Å². The van der Waals surface area contributed by atoms with Gasteiger partial charge in [-0.15, -0.1) is 0 Å². The molecule has 3 saturated carbocycles. The van der Waals surface area contributed by atoms with Crippen LogP contribution in [0.15, 0.2) is 11.6 Å². The standard InChI is InChI=1S/C46H74O17/c1-20-8-13-46(57-18-20)21(2)32-28(63-46)15-27-25-7-6-23-14-24(9-11-44(23,4)26(25)10-12-45(27,32)5)59-43-41(56-19-31-35(51)38(54)34(50)29(16-47)60-31)40(36(52)30(17-48)61-43)62-42-39(55)37(53)33(49)22(3)58-42/h6,20-22,24-43,47-55H,7-19H2,1-5H3. The molecule has 1 spiro atoms. The van der Waals surface area contributed by atoms with E-state index in [1.807, 2.05) is 0 Å². The predicted molar refractivity (Wildman–Crippen MR) is 219 cm³/mol. The van der Waals surface area contributed by atoms with E-state index in [1.54, 1.807) is 0 Å². The Hall–Kier alpha value is -0.940. The minimum Gasteiger partial charge on any atom is -0.394 e. The fourth-order valence-electron chi connectivity index (χ4n) is 14.2. The number of rotatable bonds is 9. The first-order chi connectivity index (χ1) is 29.9. The first kappa shape index (κ1) is 47.1. The molecule has 0 aromatic rings. The van der Waals surface area contributed by atoms with Gasteiger partial charge in [0.2, 0.25) is 0 Å². The number of aliphatic hydroxyl groups excluding tert-OH is 9. The Kier molecular flexibility index (Phi) is 13.4. The van der Waals surface area contributed by atoms with Gasteiger partial charge in [0.1, 0.15) is 73.2 Å². The van der Waals surface area contributed by atoms with Crippen LogP contribution in [0.1, 0.15) is 92.4 Å². The molecule has 4 aliphatic carbocycles. The fraction of sp³-hybridized carbons (Fsp3) is 0.957. The molecule has 9 aliphatic rings. The van der Waals surface area contributed by atoms with Gasteiger partial charge in [0.15, 0.2) is 18.4 Å². The number of aliphatic hydroxyl groups is 9. The first-order valence-electron chi connectivity index (χ1n) is 23.8. The van der Waals surface area contributed by atoms with Crippen LogP contribution >= 0.6 is 0 Å². The third-order valence-electron chi connectivity index (χ3n) is 18.0. The first-order valence-corrected chi connectivity index (χ1v) is 23.8. The zero-order chi connectivity index (χ0) is 44.9. The van der Waals surface area contributed by atoms with Crippen LogP contribution in [-0.2, 0) is 37.9 Å². The Morgan fingerprint density at radius 2 is 1.41 bits per heavy atom. The van der Waals surface area contributed by atoms with Crippen LogP contribution in [0.3, 0.4) is 0 Å². The molecule has 17 heteroatoms. The van der Waals surface area contributed by atoms with Crippen LogP contribution < -0.4 is 0 Å². The summed E-state index contributed by atoms with van der Waals surface area (Å²) in [5.41, 5.74) is 1.50. The van der Waals surface area contributed by atoms with Gasteiger partial charge in [-0.05, 0) is 98.7 Å². The molecular weight excluding hydrogens is 824 g/mol. The van der Waals surface area contributed by atoms with Crippen molar-refractivity contribution in [3.8, 4) is 0 Å². The normalized spacial score (nSPS) is 56.9. The van der Waals surface area contributed by atoms with E-state index in [0.29, 0.717) is 48.3 Å². The summed E-state index contributed by atoms with van der Waals surface area (Å²) in [7, 11) is 0. The third kappa shape index (κ3) is 7.91. The minimum atomic E-state index is -1.73. The zero-order valence-electron chi connectivity index (χ0n) is 37.3. The van der Waals surface area contributed by atoms with Crippen molar-refractivity contribution in [2.45, 2.75) is 202 Å². The average Bonchev–Trinajstić information content (AvgIpc) is 3.72. The molecular formula is C46H74O17.